The molecule has 4 fully saturated rings. The number of sulfone groups is 1. The van der Waals surface area contributed by atoms with Gasteiger partial charge in [-0.05, 0) is 82.5 Å². The second kappa shape index (κ2) is 13.1. The lowest BCUT2D eigenvalue weighted by Crippen LogP contribution is -2.66. The largest absolute Gasteiger partial charge is 0.350 e. The van der Waals surface area contributed by atoms with Crippen molar-refractivity contribution in [3.05, 3.63) is 0 Å². The van der Waals surface area contributed by atoms with Crippen LogP contribution in [0.1, 0.15) is 121 Å². The van der Waals surface area contributed by atoms with E-state index in [4.69, 9.17) is 0 Å². The first-order valence-electron chi connectivity index (χ1n) is 18.2. The second-order valence-corrected chi connectivity index (χ2v) is 20.8. The van der Waals surface area contributed by atoms with E-state index in [0.29, 0.717) is 32.2 Å². The minimum atomic E-state index is -3.64. The van der Waals surface area contributed by atoms with Crippen molar-refractivity contribution in [1.82, 2.24) is 26.2 Å². The van der Waals surface area contributed by atoms with E-state index in [1.54, 1.807) is 39.5 Å². The molecule has 5 amide bonds. The lowest BCUT2D eigenvalue weighted by molar-refractivity contribution is -0.145. The van der Waals surface area contributed by atoms with Gasteiger partial charge in [-0.1, -0.05) is 67.2 Å². The lowest BCUT2D eigenvalue weighted by Gasteiger charge is -2.45. The summed E-state index contributed by atoms with van der Waals surface area (Å²) in [5.74, 6) is -2.52. The summed E-state index contributed by atoms with van der Waals surface area (Å²) in [6, 6.07) is -2.53. The zero-order valence-corrected chi connectivity index (χ0v) is 32.4. The molecule has 0 aromatic carbocycles. The highest BCUT2D eigenvalue weighted by molar-refractivity contribution is 7.93. The van der Waals surface area contributed by atoms with Gasteiger partial charge in [-0.25, -0.2) is 13.2 Å². The number of amides is 5. The number of ketones is 1. The number of likely N-dealkylation sites (N-methyl/N-ethyl adjacent to an activating group) is 1. The number of Topliss-reactive ketones (excluding diaryl/α,β-unsaturated/α-hetero) is 1. The van der Waals surface area contributed by atoms with E-state index in [1.807, 2.05) is 27.7 Å². The van der Waals surface area contributed by atoms with Crippen LogP contribution in [0, 0.1) is 28.6 Å². The Morgan fingerprint density at radius 3 is 2.00 bits per heavy atom. The predicted molar refractivity (Wildman–Crippen MR) is 188 cm³/mol. The zero-order valence-electron chi connectivity index (χ0n) is 31.5. The Morgan fingerprint density at radius 2 is 1.51 bits per heavy atom. The minimum absolute atomic E-state index is 0.0619. The van der Waals surface area contributed by atoms with E-state index in [9.17, 15) is 32.4 Å². The predicted octanol–water partition coefficient (Wildman–Crippen LogP) is 3.48. The Bertz CT molecular complexity index is 1460. The molecule has 49 heavy (non-hydrogen) atoms. The normalized spacial score (nSPS) is 29.9. The third-order valence-corrected chi connectivity index (χ3v) is 15.3. The Labute approximate surface area is 293 Å². The van der Waals surface area contributed by atoms with Gasteiger partial charge < -0.3 is 26.2 Å². The van der Waals surface area contributed by atoms with Crippen LogP contribution >= 0.6 is 0 Å². The van der Waals surface area contributed by atoms with E-state index in [2.05, 4.69) is 35.1 Å². The van der Waals surface area contributed by atoms with Gasteiger partial charge in [0.15, 0.2) is 9.84 Å². The fourth-order valence-corrected chi connectivity index (χ4v) is 10.7. The Kier molecular flexibility index (Phi) is 10.5. The van der Waals surface area contributed by atoms with Crippen LogP contribution in [0.2, 0.25) is 0 Å². The van der Waals surface area contributed by atoms with Crippen molar-refractivity contribution in [3.63, 3.8) is 0 Å². The number of carbonyl (C=O) groups excluding carboxylic acids is 5. The molecule has 3 aliphatic carbocycles. The van der Waals surface area contributed by atoms with Gasteiger partial charge in [0.05, 0.1) is 15.5 Å². The molecule has 1 heterocycles. The summed E-state index contributed by atoms with van der Waals surface area (Å²) < 4.78 is 26.2. The maximum atomic E-state index is 14.5. The molecule has 0 bridgehead atoms. The smallest absolute Gasteiger partial charge is 0.315 e. The highest BCUT2D eigenvalue weighted by Crippen LogP contribution is 2.65. The Hall–Kier alpha value is -2.70. The maximum absolute atomic E-state index is 14.5. The summed E-state index contributed by atoms with van der Waals surface area (Å²) in [6.07, 6.45) is 4.48. The van der Waals surface area contributed by atoms with Gasteiger partial charge >= 0.3 is 6.03 Å². The second-order valence-electron chi connectivity index (χ2n) is 17.8. The molecule has 13 heteroatoms. The number of urea groups is 1. The minimum Gasteiger partial charge on any atom is -0.350 e. The van der Waals surface area contributed by atoms with Crippen molar-refractivity contribution < 1.29 is 32.4 Å². The molecule has 0 aromatic heterocycles. The number of likely N-dealkylation sites (tertiary alicyclic amines) is 1. The molecule has 3 saturated carbocycles. The Morgan fingerprint density at radius 1 is 0.918 bits per heavy atom. The van der Waals surface area contributed by atoms with E-state index in [-0.39, 0.29) is 29.7 Å². The zero-order chi connectivity index (χ0) is 37.1. The number of nitrogens with zero attached hydrogens (tertiary/aromatic N) is 1. The number of rotatable bonds is 11. The lowest BCUT2D eigenvalue weighted by atomic mass is 9.79. The summed E-state index contributed by atoms with van der Waals surface area (Å²) in [7, 11) is -3.64. The average Bonchev–Trinajstić information content (AvgIpc) is 3.76. The first-order valence-corrected chi connectivity index (χ1v) is 19.7. The molecule has 7 atom stereocenters. The summed E-state index contributed by atoms with van der Waals surface area (Å²) in [6.45, 7) is 20.6. The van der Waals surface area contributed by atoms with Crippen LogP contribution in [0.15, 0.2) is 0 Å². The van der Waals surface area contributed by atoms with Crippen molar-refractivity contribution in [2.45, 2.75) is 154 Å². The fourth-order valence-electron chi connectivity index (χ4n) is 8.71. The molecule has 0 radical (unpaired) electrons. The molecule has 4 N–H and O–H groups in total. The van der Waals surface area contributed by atoms with Crippen LogP contribution in [0.25, 0.3) is 0 Å². The van der Waals surface area contributed by atoms with Crippen LogP contribution in [-0.2, 0) is 29.0 Å². The molecule has 1 saturated heterocycles. The molecule has 3 unspecified atom stereocenters. The van der Waals surface area contributed by atoms with Crippen LogP contribution in [0.4, 0.5) is 4.79 Å². The van der Waals surface area contributed by atoms with Crippen molar-refractivity contribution in [1.29, 1.82) is 0 Å². The van der Waals surface area contributed by atoms with Gasteiger partial charge in [-0.2, -0.15) is 0 Å². The van der Waals surface area contributed by atoms with Crippen LogP contribution in [-0.4, -0.2) is 89.1 Å². The van der Waals surface area contributed by atoms with Crippen molar-refractivity contribution >= 4 is 39.4 Å². The number of piperidine rings is 1. The fraction of sp³-hybridized carbons (Fsp3) is 0.861. The molecule has 1 aliphatic heterocycles. The van der Waals surface area contributed by atoms with Crippen LogP contribution in [0.5, 0.6) is 0 Å². The van der Waals surface area contributed by atoms with Gasteiger partial charge in [-0.15, -0.1) is 0 Å². The number of hydrogen-bond acceptors (Lipinski definition) is 7. The van der Waals surface area contributed by atoms with E-state index < -0.39 is 77.9 Å². The first-order chi connectivity index (χ1) is 22.4. The average molecular weight is 708 g/mol. The van der Waals surface area contributed by atoms with Crippen molar-refractivity contribution in [2.75, 3.05) is 13.1 Å². The molecular formula is C36H61N5O7S. The number of nitrogens with one attached hydrogen (secondary N) is 4. The number of carbonyl (C=O) groups is 5. The van der Waals surface area contributed by atoms with E-state index in [0.717, 1.165) is 19.3 Å². The summed E-state index contributed by atoms with van der Waals surface area (Å²) in [4.78, 5) is 70.0. The summed E-state index contributed by atoms with van der Waals surface area (Å²) >= 11 is 0. The Balaban J connectivity index is 1.59. The topological polar surface area (TPSA) is 171 Å². The summed E-state index contributed by atoms with van der Waals surface area (Å²) in [5.41, 5.74) is -3.25. The molecule has 4 rings (SSSR count). The third kappa shape index (κ3) is 6.98. The monoisotopic (exact) mass is 707 g/mol. The number of hydrogen-bond donors (Lipinski definition) is 4. The molecule has 12 nitrogen and oxygen atoms in total. The molecule has 0 spiro atoms. The first kappa shape index (κ1) is 39.1. The van der Waals surface area contributed by atoms with Crippen molar-refractivity contribution in [3.8, 4) is 0 Å². The quantitative estimate of drug-likeness (QED) is 0.238. The molecular weight excluding hydrogens is 646 g/mol. The summed E-state index contributed by atoms with van der Waals surface area (Å²) in [5, 5.41) is 10.6. The molecule has 4 aliphatic rings. The molecule has 0 aromatic rings. The maximum Gasteiger partial charge on any atom is 0.315 e. The third-order valence-electron chi connectivity index (χ3n) is 12.2. The van der Waals surface area contributed by atoms with Gasteiger partial charge in [0.1, 0.15) is 17.6 Å². The standard InChI is InChI=1S/C36H61N5O7S/c1-12-22-19-36(22,27(42)29(44)37-13-2)39-28(43)25-24-23(34(24,10)11)20-41(25)30(45)26(32(4,5)6)38-31(46)40-35(17-15-14-16-18-35)21(3)49(47,48)33(7,8)9/h21-26H,12-20H2,1-11H3,(H,37,44)(H,39,43)(H2,38,40,46)/t21-,22-,23?,24?,25+,26+,36?/m1/s1. The molecule has 278 valence electrons. The number of fused-ring (bicyclic) bond motifs is 1. The van der Waals surface area contributed by atoms with Gasteiger partial charge in [0.25, 0.3) is 5.91 Å². The highest BCUT2D eigenvalue weighted by atomic mass is 32.2. The van der Waals surface area contributed by atoms with Crippen LogP contribution < -0.4 is 21.3 Å². The van der Waals surface area contributed by atoms with Gasteiger partial charge in [0.2, 0.25) is 17.6 Å². The van der Waals surface area contributed by atoms with E-state index in [1.165, 1.54) is 0 Å². The van der Waals surface area contributed by atoms with Gasteiger partial charge in [0, 0.05) is 13.1 Å². The van der Waals surface area contributed by atoms with Crippen molar-refractivity contribution in [2.24, 2.45) is 28.6 Å². The SMILES string of the molecule is CCNC(=O)C(=O)C1(NC(=O)[C@@H]2C3C(CN2C(=O)[C@H](NC(=O)NC2([C@@H](C)S(=O)(=O)C(C)(C)C)CCCCC2)C(C)(C)C)C3(C)C)C[C@H]1CC. The van der Waals surface area contributed by atoms with Gasteiger partial charge in [-0.3, -0.25) is 19.2 Å². The van der Waals surface area contributed by atoms with Crippen LogP contribution in [0.3, 0.4) is 0 Å². The highest BCUT2D eigenvalue weighted by Gasteiger charge is 2.71. The van der Waals surface area contributed by atoms with E-state index >= 15 is 0 Å².